The summed E-state index contributed by atoms with van der Waals surface area (Å²) in [5.74, 6) is -0.253. The number of anilines is 1. The normalized spacial score (nSPS) is 13.7. The van der Waals surface area contributed by atoms with Gasteiger partial charge in [-0.15, -0.1) is 12.4 Å². The van der Waals surface area contributed by atoms with Gasteiger partial charge in [-0.05, 0) is 49.1 Å². The molecule has 6 heteroatoms. The lowest BCUT2D eigenvalue weighted by Crippen LogP contribution is -2.36. The van der Waals surface area contributed by atoms with E-state index in [0.29, 0.717) is 23.4 Å². The fraction of sp³-hybridized carbons (Fsp3) is 0.300. The molecule has 1 aliphatic rings. The highest BCUT2D eigenvalue weighted by atomic mass is 35.5. The first kappa shape index (κ1) is 19.9. The van der Waals surface area contributed by atoms with Crippen molar-refractivity contribution in [3.63, 3.8) is 0 Å². The first-order valence-electron chi connectivity index (χ1n) is 8.67. The number of halogens is 1. The number of rotatable bonds is 4. The fourth-order valence-electron chi connectivity index (χ4n) is 3.03. The number of benzene rings is 2. The van der Waals surface area contributed by atoms with Crippen LogP contribution in [0.15, 0.2) is 48.5 Å². The second-order valence-corrected chi connectivity index (χ2v) is 6.25. The highest BCUT2D eigenvalue weighted by Crippen LogP contribution is 2.21. The maximum Gasteiger partial charge on any atom is 0.255 e. The largest absolute Gasteiger partial charge is 0.339 e. The number of nitrogens with zero attached hydrogens (tertiary/aromatic N) is 1. The molecule has 0 unspecified atom stereocenters. The van der Waals surface area contributed by atoms with Crippen molar-refractivity contribution in [2.75, 3.05) is 18.4 Å². The molecule has 5 nitrogen and oxygen atoms in total. The number of hydrogen-bond donors (Lipinski definition) is 2. The maximum atomic E-state index is 12.8. The van der Waals surface area contributed by atoms with Crippen LogP contribution in [0.2, 0.25) is 0 Å². The molecule has 26 heavy (non-hydrogen) atoms. The summed E-state index contributed by atoms with van der Waals surface area (Å²) in [5.41, 5.74) is 8.18. The Hall–Kier alpha value is -2.37. The number of nitrogens with two attached hydrogens (primary N) is 1. The van der Waals surface area contributed by atoms with E-state index in [1.165, 1.54) is 6.42 Å². The Morgan fingerprint density at radius 1 is 0.962 bits per heavy atom. The third-order valence-electron chi connectivity index (χ3n) is 4.50. The summed E-state index contributed by atoms with van der Waals surface area (Å²) in [6, 6.07) is 14.3. The number of hydrogen-bond acceptors (Lipinski definition) is 3. The molecule has 0 saturated carbocycles. The monoisotopic (exact) mass is 373 g/mol. The van der Waals surface area contributed by atoms with Crippen LogP contribution < -0.4 is 11.1 Å². The van der Waals surface area contributed by atoms with E-state index in [1.54, 1.807) is 24.3 Å². The second kappa shape index (κ2) is 9.36. The molecule has 0 spiro atoms. The van der Waals surface area contributed by atoms with Gasteiger partial charge in [0.25, 0.3) is 11.8 Å². The minimum Gasteiger partial charge on any atom is -0.339 e. The highest BCUT2D eigenvalue weighted by Gasteiger charge is 2.21. The summed E-state index contributed by atoms with van der Waals surface area (Å²) in [5, 5.41) is 2.87. The van der Waals surface area contributed by atoms with Gasteiger partial charge in [-0.1, -0.05) is 24.3 Å². The lowest BCUT2D eigenvalue weighted by Gasteiger charge is -2.27. The number of para-hydroxylation sites is 1. The summed E-state index contributed by atoms with van der Waals surface area (Å²) in [6.45, 7) is 2.00. The van der Waals surface area contributed by atoms with E-state index in [-0.39, 0.29) is 24.2 Å². The summed E-state index contributed by atoms with van der Waals surface area (Å²) >= 11 is 0. The molecular formula is C20H24ClN3O2. The Labute approximate surface area is 160 Å². The maximum absolute atomic E-state index is 12.8. The SMILES string of the molecule is Cl.NCc1ccc(C(=O)Nc2ccccc2C(=O)N2CCCCC2)cc1. The van der Waals surface area contributed by atoms with E-state index >= 15 is 0 Å². The van der Waals surface area contributed by atoms with Crippen LogP contribution in [0, 0.1) is 0 Å². The number of nitrogens with one attached hydrogen (secondary N) is 1. The highest BCUT2D eigenvalue weighted by molar-refractivity contribution is 6.09. The molecule has 1 heterocycles. The van der Waals surface area contributed by atoms with Gasteiger partial charge in [0.2, 0.25) is 0 Å². The van der Waals surface area contributed by atoms with Gasteiger partial charge in [0.05, 0.1) is 11.3 Å². The molecule has 2 aromatic rings. The smallest absolute Gasteiger partial charge is 0.255 e. The van der Waals surface area contributed by atoms with E-state index in [9.17, 15) is 9.59 Å². The molecule has 3 rings (SSSR count). The molecule has 1 aliphatic heterocycles. The van der Waals surface area contributed by atoms with E-state index in [1.807, 2.05) is 29.2 Å². The van der Waals surface area contributed by atoms with Crippen molar-refractivity contribution in [2.24, 2.45) is 5.73 Å². The number of amides is 2. The predicted molar refractivity (Wildman–Crippen MR) is 106 cm³/mol. The Morgan fingerprint density at radius 2 is 1.62 bits per heavy atom. The molecule has 2 aromatic carbocycles. The van der Waals surface area contributed by atoms with Crippen LogP contribution in [0.4, 0.5) is 5.69 Å². The number of likely N-dealkylation sites (tertiary alicyclic amines) is 1. The van der Waals surface area contributed by atoms with Crippen LogP contribution in [-0.4, -0.2) is 29.8 Å². The fourth-order valence-corrected chi connectivity index (χ4v) is 3.03. The molecule has 1 saturated heterocycles. The van der Waals surface area contributed by atoms with E-state index in [2.05, 4.69) is 5.32 Å². The summed E-state index contributed by atoms with van der Waals surface area (Å²) in [7, 11) is 0. The standard InChI is InChI=1S/C20H23N3O2.ClH/c21-14-15-8-10-16(11-9-15)19(24)22-18-7-3-2-6-17(18)20(25)23-12-4-1-5-13-23;/h2-3,6-11H,1,4-5,12-14,21H2,(H,22,24);1H. The zero-order valence-corrected chi connectivity index (χ0v) is 15.4. The molecule has 3 N–H and O–H groups in total. The van der Waals surface area contributed by atoms with Crippen molar-refractivity contribution in [1.82, 2.24) is 4.90 Å². The molecule has 0 bridgehead atoms. The van der Waals surface area contributed by atoms with Gasteiger partial charge >= 0.3 is 0 Å². The van der Waals surface area contributed by atoms with Crippen molar-refractivity contribution in [3.8, 4) is 0 Å². The van der Waals surface area contributed by atoms with Crippen LogP contribution in [-0.2, 0) is 6.54 Å². The van der Waals surface area contributed by atoms with Crippen LogP contribution in [0.3, 0.4) is 0 Å². The summed E-state index contributed by atoms with van der Waals surface area (Å²) in [4.78, 5) is 27.1. The van der Waals surface area contributed by atoms with Crippen LogP contribution in [0.5, 0.6) is 0 Å². The average molecular weight is 374 g/mol. The number of carbonyl (C=O) groups is 2. The van der Waals surface area contributed by atoms with Crippen LogP contribution in [0.1, 0.15) is 45.5 Å². The quantitative estimate of drug-likeness (QED) is 0.861. The second-order valence-electron chi connectivity index (χ2n) is 6.25. The Kier molecular flexibility index (Phi) is 7.18. The average Bonchev–Trinajstić information content (AvgIpc) is 2.68. The van der Waals surface area contributed by atoms with Gasteiger partial charge in [0.1, 0.15) is 0 Å². The van der Waals surface area contributed by atoms with Gasteiger partial charge in [0, 0.05) is 25.2 Å². The van der Waals surface area contributed by atoms with Gasteiger partial charge in [0.15, 0.2) is 0 Å². The number of piperidine rings is 1. The van der Waals surface area contributed by atoms with Gasteiger partial charge < -0.3 is 16.0 Å². The van der Waals surface area contributed by atoms with E-state index in [4.69, 9.17) is 5.73 Å². The van der Waals surface area contributed by atoms with Crippen LogP contribution in [0.25, 0.3) is 0 Å². The summed E-state index contributed by atoms with van der Waals surface area (Å²) < 4.78 is 0. The van der Waals surface area contributed by atoms with Gasteiger partial charge in [-0.25, -0.2) is 0 Å². The zero-order valence-electron chi connectivity index (χ0n) is 14.6. The van der Waals surface area contributed by atoms with Crippen molar-refractivity contribution in [2.45, 2.75) is 25.8 Å². The molecule has 138 valence electrons. The predicted octanol–water partition coefficient (Wildman–Crippen LogP) is 3.45. The Bertz CT molecular complexity index is 756. The first-order valence-corrected chi connectivity index (χ1v) is 8.67. The zero-order chi connectivity index (χ0) is 17.6. The lowest BCUT2D eigenvalue weighted by molar-refractivity contribution is 0.0725. The topological polar surface area (TPSA) is 75.4 Å². The molecule has 0 radical (unpaired) electrons. The number of carbonyl (C=O) groups excluding carboxylic acids is 2. The molecule has 2 amide bonds. The third-order valence-corrected chi connectivity index (χ3v) is 4.50. The van der Waals surface area contributed by atoms with Crippen molar-refractivity contribution >= 4 is 29.9 Å². The minimum atomic E-state index is -0.234. The lowest BCUT2D eigenvalue weighted by atomic mass is 10.1. The molecule has 1 fully saturated rings. The van der Waals surface area contributed by atoms with Gasteiger partial charge in [-0.3, -0.25) is 9.59 Å². The Balaban J connectivity index is 0.00000243. The molecular weight excluding hydrogens is 350 g/mol. The van der Waals surface area contributed by atoms with E-state index < -0.39 is 0 Å². The molecule has 0 atom stereocenters. The van der Waals surface area contributed by atoms with Crippen molar-refractivity contribution in [1.29, 1.82) is 0 Å². The molecule has 0 aliphatic carbocycles. The van der Waals surface area contributed by atoms with Gasteiger partial charge in [-0.2, -0.15) is 0 Å². The third kappa shape index (κ3) is 4.62. The van der Waals surface area contributed by atoms with Crippen molar-refractivity contribution < 1.29 is 9.59 Å². The van der Waals surface area contributed by atoms with Crippen LogP contribution >= 0.6 is 12.4 Å². The minimum absolute atomic E-state index is 0. The molecule has 0 aromatic heterocycles. The summed E-state index contributed by atoms with van der Waals surface area (Å²) in [6.07, 6.45) is 3.24. The Morgan fingerprint density at radius 3 is 2.27 bits per heavy atom. The first-order chi connectivity index (χ1) is 12.2. The van der Waals surface area contributed by atoms with E-state index in [0.717, 1.165) is 31.5 Å². The van der Waals surface area contributed by atoms with Crippen molar-refractivity contribution in [3.05, 3.63) is 65.2 Å².